The average Bonchev–Trinajstić information content (AvgIpc) is 2.48. The van der Waals surface area contributed by atoms with E-state index in [9.17, 15) is 0 Å². The lowest BCUT2D eigenvalue weighted by Crippen LogP contribution is -2.51. The van der Waals surface area contributed by atoms with Gasteiger partial charge >= 0.3 is 0 Å². The first-order valence-electron chi connectivity index (χ1n) is 7.20. The van der Waals surface area contributed by atoms with Gasteiger partial charge in [0, 0.05) is 13.1 Å². The van der Waals surface area contributed by atoms with E-state index in [0.717, 1.165) is 31.5 Å². The van der Waals surface area contributed by atoms with Gasteiger partial charge in [-0.1, -0.05) is 31.4 Å². The van der Waals surface area contributed by atoms with E-state index in [1.54, 1.807) is 0 Å². The molecule has 0 aromatic heterocycles. The highest BCUT2D eigenvalue weighted by Crippen LogP contribution is 2.37. The van der Waals surface area contributed by atoms with Crippen molar-refractivity contribution < 1.29 is 4.74 Å². The van der Waals surface area contributed by atoms with Crippen molar-refractivity contribution in [1.82, 2.24) is 5.32 Å². The number of nitrogens with one attached hydrogen (secondary N) is 1. The second kappa shape index (κ2) is 5.32. The maximum atomic E-state index is 9.00. The Kier molecular flexibility index (Phi) is 3.54. The number of hydrogen-bond acceptors (Lipinski definition) is 3. The Morgan fingerprint density at radius 1 is 1.26 bits per heavy atom. The lowest BCUT2D eigenvalue weighted by atomic mass is 9.83. The summed E-state index contributed by atoms with van der Waals surface area (Å²) >= 11 is 0. The van der Waals surface area contributed by atoms with E-state index in [0.29, 0.717) is 5.56 Å². The van der Waals surface area contributed by atoms with Crippen LogP contribution in [0.15, 0.2) is 24.3 Å². The van der Waals surface area contributed by atoms with Crippen molar-refractivity contribution in [2.24, 2.45) is 0 Å². The molecule has 19 heavy (non-hydrogen) atoms. The number of ether oxygens (including phenoxy) is 1. The van der Waals surface area contributed by atoms with Crippen LogP contribution >= 0.6 is 0 Å². The lowest BCUT2D eigenvalue weighted by molar-refractivity contribution is -0.135. The van der Waals surface area contributed by atoms with Crippen LogP contribution in [0.25, 0.3) is 0 Å². The van der Waals surface area contributed by atoms with E-state index < -0.39 is 0 Å². The van der Waals surface area contributed by atoms with Crippen molar-refractivity contribution in [3.8, 4) is 6.07 Å². The normalized spacial score (nSPS) is 25.9. The molecule has 1 saturated carbocycles. The smallest absolute Gasteiger partial charge is 0.0991 e. The van der Waals surface area contributed by atoms with Crippen LogP contribution < -0.4 is 5.32 Å². The number of benzene rings is 1. The largest absolute Gasteiger partial charge is 0.364 e. The van der Waals surface area contributed by atoms with Crippen LogP contribution in [0.5, 0.6) is 0 Å². The molecule has 1 N–H and O–H groups in total. The van der Waals surface area contributed by atoms with Crippen molar-refractivity contribution in [3.63, 3.8) is 0 Å². The summed E-state index contributed by atoms with van der Waals surface area (Å²) in [6, 6.07) is 10.0. The van der Waals surface area contributed by atoms with Crippen LogP contribution in [-0.2, 0) is 4.74 Å². The Hall–Kier alpha value is -1.37. The molecule has 1 spiro atoms. The van der Waals surface area contributed by atoms with Crippen LogP contribution in [0.1, 0.15) is 49.3 Å². The molecule has 3 nitrogen and oxygen atoms in total. The molecule has 1 saturated heterocycles. The summed E-state index contributed by atoms with van der Waals surface area (Å²) in [6.07, 6.45) is 6.28. The predicted octanol–water partition coefficient (Wildman–Crippen LogP) is 2.92. The van der Waals surface area contributed by atoms with E-state index in [1.807, 2.05) is 18.2 Å². The van der Waals surface area contributed by atoms with Crippen LogP contribution in [0.4, 0.5) is 0 Å². The van der Waals surface area contributed by atoms with Crippen molar-refractivity contribution in [2.45, 2.75) is 43.8 Å². The molecule has 1 aromatic rings. The van der Waals surface area contributed by atoms with Gasteiger partial charge < -0.3 is 10.1 Å². The van der Waals surface area contributed by atoms with E-state index >= 15 is 0 Å². The summed E-state index contributed by atoms with van der Waals surface area (Å²) in [6.45, 7) is 1.82. The van der Waals surface area contributed by atoms with E-state index in [4.69, 9.17) is 10.00 Å². The summed E-state index contributed by atoms with van der Waals surface area (Å²) in [5.74, 6) is 0. The minimum Gasteiger partial charge on any atom is -0.364 e. The fourth-order valence-corrected chi connectivity index (χ4v) is 3.30. The van der Waals surface area contributed by atoms with Gasteiger partial charge in [0.15, 0.2) is 0 Å². The topological polar surface area (TPSA) is 45.0 Å². The van der Waals surface area contributed by atoms with Crippen LogP contribution in [0.2, 0.25) is 0 Å². The molecule has 0 amide bonds. The van der Waals surface area contributed by atoms with Crippen molar-refractivity contribution in [2.75, 3.05) is 13.1 Å². The Labute approximate surface area is 114 Å². The second-order valence-electron chi connectivity index (χ2n) is 5.72. The van der Waals surface area contributed by atoms with Gasteiger partial charge in [-0.15, -0.1) is 0 Å². The van der Waals surface area contributed by atoms with Gasteiger partial charge in [-0.3, -0.25) is 0 Å². The minimum atomic E-state index is 0.0316. The summed E-state index contributed by atoms with van der Waals surface area (Å²) in [4.78, 5) is 0. The first-order valence-corrected chi connectivity index (χ1v) is 7.20. The number of hydrogen-bond donors (Lipinski definition) is 1. The molecule has 0 radical (unpaired) electrons. The number of morpholine rings is 1. The molecule has 3 rings (SSSR count). The SMILES string of the molecule is N#Cc1cccc(C2CNCC3(CCCCC3)O2)c1. The molecule has 1 atom stereocenters. The molecule has 2 aliphatic rings. The van der Waals surface area contributed by atoms with E-state index in [2.05, 4.69) is 17.5 Å². The molecule has 100 valence electrons. The molecule has 1 aromatic carbocycles. The van der Waals surface area contributed by atoms with Crippen LogP contribution in [-0.4, -0.2) is 18.7 Å². The Bertz CT molecular complexity index is 480. The maximum absolute atomic E-state index is 9.00. The lowest BCUT2D eigenvalue weighted by Gasteiger charge is -2.44. The molecular formula is C16H20N2O. The molecule has 2 fully saturated rings. The molecule has 1 heterocycles. The summed E-state index contributed by atoms with van der Waals surface area (Å²) < 4.78 is 6.43. The Morgan fingerprint density at radius 2 is 2.11 bits per heavy atom. The molecule has 1 aliphatic heterocycles. The Morgan fingerprint density at radius 3 is 2.89 bits per heavy atom. The van der Waals surface area contributed by atoms with Crippen molar-refractivity contribution in [1.29, 1.82) is 5.26 Å². The first kappa shape index (κ1) is 12.7. The fourth-order valence-electron chi connectivity index (χ4n) is 3.30. The summed E-state index contributed by atoms with van der Waals surface area (Å²) in [7, 11) is 0. The van der Waals surface area contributed by atoms with Gasteiger partial charge in [0.05, 0.1) is 23.3 Å². The molecule has 1 aliphatic carbocycles. The van der Waals surface area contributed by atoms with Gasteiger partial charge in [-0.25, -0.2) is 0 Å². The molecular weight excluding hydrogens is 236 g/mol. The zero-order valence-corrected chi connectivity index (χ0v) is 11.2. The minimum absolute atomic E-state index is 0.0316. The zero-order chi connectivity index (χ0) is 13.1. The summed E-state index contributed by atoms with van der Waals surface area (Å²) in [5.41, 5.74) is 1.87. The third-order valence-electron chi connectivity index (χ3n) is 4.32. The Balaban J connectivity index is 1.79. The molecule has 1 unspecified atom stereocenters. The highest BCUT2D eigenvalue weighted by atomic mass is 16.5. The molecule has 3 heteroatoms. The zero-order valence-electron chi connectivity index (χ0n) is 11.2. The van der Waals surface area contributed by atoms with Crippen molar-refractivity contribution in [3.05, 3.63) is 35.4 Å². The maximum Gasteiger partial charge on any atom is 0.0991 e. The average molecular weight is 256 g/mol. The van der Waals surface area contributed by atoms with Crippen LogP contribution in [0, 0.1) is 11.3 Å². The highest BCUT2D eigenvalue weighted by molar-refractivity contribution is 5.34. The quantitative estimate of drug-likeness (QED) is 0.840. The van der Waals surface area contributed by atoms with E-state index in [-0.39, 0.29) is 11.7 Å². The summed E-state index contributed by atoms with van der Waals surface area (Å²) in [5, 5.41) is 12.5. The standard InChI is InChI=1S/C16H20N2O/c17-10-13-5-4-6-14(9-13)15-11-18-12-16(19-15)7-2-1-3-8-16/h4-6,9,15,18H,1-3,7-8,11-12H2. The number of rotatable bonds is 1. The van der Waals surface area contributed by atoms with E-state index in [1.165, 1.54) is 19.3 Å². The highest BCUT2D eigenvalue weighted by Gasteiger charge is 2.38. The van der Waals surface area contributed by atoms with Crippen LogP contribution in [0.3, 0.4) is 0 Å². The third kappa shape index (κ3) is 2.65. The monoisotopic (exact) mass is 256 g/mol. The fraction of sp³-hybridized carbons (Fsp3) is 0.562. The van der Waals surface area contributed by atoms with Gasteiger partial charge in [-0.05, 0) is 30.5 Å². The predicted molar refractivity (Wildman–Crippen MR) is 73.7 cm³/mol. The van der Waals surface area contributed by atoms with Gasteiger partial charge in [0.2, 0.25) is 0 Å². The van der Waals surface area contributed by atoms with Gasteiger partial charge in [-0.2, -0.15) is 5.26 Å². The van der Waals surface area contributed by atoms with Crippen molar-refractivity contribution >= 4 is 0 Å². The third-order valence-corrected chi connectivity index (χ3v) is 4.32. The first-order chi connectivity index (χ1) is 9.31. The van der Waals surface area contributed by atoms with Gasteiger partial charge in [0.1, 0.15) is 0 Å². The molecule has 0 bridgehead atoms. The second-order valence-corrected chi connectivity index (χ2v) is 5.72. The number of nitrogens with zero attached hydrogens (tertiary/aromatic N) is 1. The number of nitriles is 1. The van der Waals surface area contributed by atoms with Gasteiger partial charge in [0.25, 0.3) is 0 Å².